The zero-order chi connectivity index (χ0) is 10.8. The van der Waals surface area contributed by atoms with Crippen LogP contribution in [0.4, 0.5) is 13.2 Å². The first kappa shape index (κ1) is 11.0. The predicted octanol–water partition coefficient (Wildman–Crippen LogP) is 3.59. The van der Waals surface area contributed by atoms with E-state index in [1.165, 1.54) is 6.92 Å². The minimum Gasteiger partial charge on any atom is -0.284 e. The normalized spacial score (nSPS) is 14.1. The molecular formula is C10H11F3O. The molecular weight excluding hydrogens is 193 g/mol. The van der Waals surface area contributed by atoms with E-state index in [4.69, 9.17) is 0 Å². The second-order valence-electron chi connectivity index (χ2n) is 3.06. The SMILES string of the molecule is Cc1ccccc1C(C)OC(F)(F)F. The van der Waals surface area contributed by atoms with Gasteiger partial charge in [0, 0.05) is 0 Å². The Bertz CT molecular complexity index is 306. The number of ether oxygens (including phenoxy) is 1. The molecule has 0 aromatic heterocycles. The van der Waals surface area contributed by atoms with Crippen LogP contribution in [-0.2, 0) is 4.74 Å². The van der Waals surface area contributed by atoms with Crippen LogP contribution in [0.15, 0.2) is 24.3 Å². The van der Waals surface area contributed by atoms with Gasteiger partial charge in [0.15, 0.2) is 0 Å². The van der Waals surface area contributed by atoms with Gasteiger partial charge in [-0.25, -0.2) is 0 Å². The van der Waals surface area contributed by atoms with E-state index in [2.05, 4.69) is 4.74 Å². The molecule has 78 valence electrons. The largest absolute Gasteiger partial charge is 0.523 e. The molecule has 0 amide bonds. The summed E-state index contributed by atoms with van der Waals surface area (Å²) in [6, 6.07) is 6.86. The van der Waals surface area contributed by atoms with Crippen LogP contribution in [-0.4, -0.2) is 6.36 Å². The van der Waals surface area contributed by atoms with Crippen LogP contribution in [0.3, 0.4) is 0 Å². The van der Waals surface area contributed by atoms with Crippen molar-refractivity contribution in [3.8, 4) is 0 Å². The van der Waals surface area contributed by atoms with Gasteiger partial charge in [0.05, 0.1) is 6.10 Å². The zero-order valence-corrected chi connectivity index (χ0v) is 7.93. The second-order valence-corrected chi connectivity index (χ2v) is 3.06. The number of alkyl halides is 3. The van der Waals surface area contributed by atoms with E-state index in [1.54, 1.807) is 31.2 Å². The molecule has 14 heavy (non-hydrogen) atoms. The van der Waals surface area contributed by atoms with Gasteiger partial charge in [0.25, 0.3) is 0 Å². The average Bonchev–Trinajstić information content (AvgIpc) is 2.01. The molecule has 0 aliphatic rings. The molecule has 1 rings (SSSR count). The summed E-state index contributed by atoms with van der Waals surface area (Å²) >= 11 is 0. The summed E-state index contributed by atoms with van der Waals surface area (Å²) in [4.78, 5) is 0. The fourth-order valence-corrected chi connectivity index (χ4v) is 1.31. The quantitative estimate of drug-likeness (QED) is 0.715. The van der Waals surface area contributed by atoms with Gasteiger partial charge in [0.1, 0.15) is 0 Å². The number of aryl methyl sites for hydroxylation is 1. The highest BCUT2D eigenvalue weighted by atomic mass is 19.4. The molecule has 1 nitrogen and oxygen atoms in total. The first-order valence-electron chi connectivity index (χ1n) is 4.20. The molecule has 0 aliphatic carbocycles. The molecule has 0 spiro atoms. The van der Waals surface area contributed by atoms with Crippen molar-refractivity contribution in [3.63, 3.8) is 0 Å². The average molecular weight is 204 g/mol. The van der Waals surface area contributed by atoms with E-state index in [-0.39, 0.29) is 0 Å². The third-order valence-corrected chi connectivity index (χ3v) is 1.94. The first-order chi connectivity index (χ1) is 6.40. The summed E-state index contributed by atoms with van der Waals surface area (Å²) in [6.45, 7) is 3.14. The monoisotopic (exact) mass is 204 g/mol. The lowest BCUT2D eigenvalue weighted by Gasteiger charge is -2.16. The Hall–Kier alpha value is -1.03. The molecule has 0 fully saturated rings. The van der Waals surface area contributed by atoms with Crippen molar-refractivity contribution >= 4 is 0 Å². The third kappa shape index (κ3) is 3.03. The summed E-state index contributed by atoms with van der Waals surface area (Å²) in [5.74, 6) is 0. The highest BCUT2D eigenvalue weighted by Crippen LogP contribution is 2.28. The summed E-state index contributed by atoms with van der Waals surface area (Å²) in [6.07, 6.45) is -5.54. The Morgan fingerprint density at radius 1 is 1.21 bits per heavy atom. The number of halogens is 3. The van der Waals surface area contributed by atoms with Gasteiger partial charge >= 0.3 is 6.36 Å². The van der Waals surface area contributed by atoms with Crippen molar-refractivity contribution < 1.29 is 17.9 Å². The molecule has 0 heterocycles. The predicted molar refractivity (Wildman–Crippen MR) is 46.7 cm³/mol. The van der Waals surface area contributed by atoms with Crippen molar-refractivity contribution in [2.24, 2.45) is 0 Å². The maximum absolute atomic E-state index is 11.9. The van der Waals surface area contributed by atoms with Gasteiger partial charge < -0.3 is 0 Å². The molecule has 0 saturated carbocycles. The van der Waals surface area contributed by atoms with Crippen molar-refractivity contribution in [2.75, 3.05) is 0 Å². The van der Waals surface area contributed by atoms with Crippen LogP contribution in [0.2, 0.25) is 0 Å². The molecule has 1 aromatic rings. The number of hydrogen-bond donors (Lipinski definition) is 0. The zero-order valence-electron chi connectivity index (χ0n) is 7.93. The fourth-order valence-electron chi connectivity index (χ4n) is 1.31. The van der Waals surface area contributed by atoms with Crippen molar-refractivity contribution in [1.82, 2.24) is 0 Å². The minimum atomic E-state index is -4.58. The summed E-state index contributed by atoms with van der Waals surface area (Å²) < 4.78 is 39.6. The second kappa shape index (κ2) is 4.00. The van der Waals surface area contributed by atoms with Crippen LogP contribution in [0.1, 0.15) is 24.2 Å². The Labute approximate surface area is 80.5 Å². The fraction of sp³-hybridized carbons (Fsp3) is 0.400. The highest BCUT2D eigenvalue weighted by molar-refractivity contribution is 5.27. The first-order valence-corrected chi connectivity index (χ1v) is 4.20. The maximum atomic E-state index is 11.9. The van der Waals surface area contributed by atoms with Crippen LogP contribution in [0, 0.1) is 6.92 Å². The topological polar surface area (TPSA) is 9.23 Å². The van der Waals surface area contributed by atoms with Gasteiger partial charge in [-0.15, -0.1) is 13.2 Å². The molecule has 4 heteroatoms. The molecule has 0 aliphatic heterocycles. The van der Waals surface area contributed by atoms with Crippen LogP contribution >= 0.6 is 0 Å². The summed E-state index contributed by atoms with van der Waals surface area (Å²) in [7, 11) is 0. The summed E-state index contributed by atoms with van der Waals surface area (Å²) in [5, 5.41) is 0. The van der Waals surface area contributed by atoms with Crippen LogP contribution in [0.5, 0.6) is 0 Å². The van der Waals surface area contributed by atoms with Gasteiger partial charge in [-0.2, -0.15) is 0 Å². The lowest BCUT2D eigenvalue weighted by atomic mass is 10.1. The van der Waals surface area contributed by atoms with Gasteiger partial charge in [0.2, 0.25) is 0 Å². The van der Waals surface area contributed by atoms with Gasteiger partial charge in [-0.05, 0) is 25.0 Å². The van der Waals surface area contributed by atoms with Crippen LogP contribution in [0.25, 0.3) is 0 Å². The molecule has 1 unspecified atom stereocenters. The maximum Gasteiger partial charge on any atom is 0.523 e. The molecule has 0 N–H and O–H groups in total. The standard InChI is InChI=1S/C10H11F3O/c1-7-5-3-4-6-9(7)8(2)14-10(11,12)13/h3-6,8H,1-2H3. The van der Waals surface area contributed by atoms with E-state index in [0.717, 1.165) is 5.56 Å². The minimum absolute atomic E-state index is 0.560. The van der Waals surface area contributed by atoms with E-state index >= 15 is 0 Å². The lowest BCUT2D eigenvalue weighted by Crippen LogP contribution is -2.16. The van der Waals surface area contributed by atoms with E-state index in [1.807, 2.05) is 0 Å². The van der Waals surface area contributed by atoms with Crippen molar-refractivity contribution in [3.05, 3.63) is 35.4 Å². The lowest BCUT2D eigenvalue weighted by molar-refractivity contribution is -0.342. The van der Waals surface area contributed by atoms with Gasteiger partial charge in [-0.1, -0.05) is 24.3 Å². The molecule has 0 bridgehead atoms. The molecule has 0 radical (unpaired) electrons. The smallest absolute Gasteiger partial charge is 0.284 e. The van der Waals surface area contributed by atoms with E-state index in [0.29, 0.717) is 5.56 Å². The third-order valence-electron chi connectivity index (χ3n) is 1.94. The number of benzene rings is 1. The molecule has 1 atom stereocenters. The van der Waals surface area contributed by atoms with Crippen LogP contribution < -0.4 is 0 Å². The number of hydrogen-bond acceptors (Lipinski definition) is 1. The Morgan fingerprint density at radius 3 is 2.29 bits per heavy atom. The molecule has 0 saturated heterocycles. The van der Waals surface area contributed by atoms with Gasteiger partial charge in [-0.3, -0.25) is 4.74 Å². The van der Waals surface area contributed by atoms with Crippen molar-refractivity contribution in [2.45, 2.75) is 26.3 Å². The molecule has 1 aromatic carbocycles. The summed E-state index contributed by atoms with van der Waals surface area (Å²) in [5.41, 5.74) is 1.36. The van der Waals surface area contributed by atoms with Crippen molar-refractivity contribution in [1.29, 1.82) is 0 Å². The Morgan fingerprint density at radius 2 is 1.79 bits per heavy atom. The Balaban J connectivity index is 2.80. The highest BCUT2D eigenvalue weighted by Gasteiger charge is 2.32. The number of rotatable bonds is 2. The van der Waals surface area contributed by atoms with E-state index < -0.39 is 12.5 Å². The van der Waals surface area contributed by atoms with E-state index in [9.17, 15) is 13.2 Å². The Kier molecular flexibility index (Phi) is 3.16.